The molecule has 0 amide bonds. The average Bonchev–Trinajstić information content (AvgIpc) is 2.94. The highest BCUT2D eigenvalue weighted by Crippen LogP contribution is 2.13. The number of carbonyl (C=O) groups is 1. The van der Waals surface area contributed by atoms with E-state index in [-0.39, 0.29) is 5.69 Å². The van der Waals surface area contributed by atoms with Crippen LogP contribution >= 0.6 is 0 Å². The number of aromatic carboxylic acids is 1. The van der Waals surface area contributed by atoms with Gasteiger partial charge >= 0.3 is 5.97 Å². The van der Waals surface area contributed by atoms with Crippen LogP contribution in [0.25, 0.3) is 12.2 Å². The molecule has 1 aromatic heterocycles. The minimum Gasteiger partial charge on any atom is -0.476 e. The van der Waals surface area contributed by atoms with Crippen molar-refractivity contribution >= 4 is 18.1 Å². The van der Waals surface area contributed by atoms with Crippen LogP contribution in [0.3, 0.4) is 0 Å². The van der Waals surface area contributed by atoms with Gasteiger partial charge in [0.15, 0.2) is 5.69 Å². The molecule has 22 heavy (non-hydrogen) atoms. The van der Waals surface area contributed by atoms with Gasteiger partial charge in [-0.15, -0.1) is 5.10 Å². The molecule has 0 saturated carbocycles. The standard InChI is InChI=1S/C17H21N3O2/c1-2-3-4-8-13-20-15(16(17(21)22)18-19-20)12-11-14-9-6-5-7-10-14/h5-7,9-12H,2-4,8,13H2,1H3,(H,21,22)/b12-11+. The Kier molecular flexibility index (Phi) is 5.89. The summed E-state index contributed by atoms with van der Waals surface area (Å²) in [5.74, 6) is -1.05. The van der Waals surface area contributed by atoms with E-state index in [0.29, 0.717) is 12.2 Å². The van der Waals surface area contributed by atoms with Crippen LogP contribution in [0.15, 0.2) is 30.3 Å². The van der Waals surface area contributed by atoms with E-state index < -0.39 is 5.97 Å². The number of hydrogen-bond acceptors (Lipinski definition) is 3. The zero-order chi connectivity index (χ0) is 15.8. The summed E-state index contributed by atoms with van der Waals surface area (Å²) in [6.07, 6.45) is 8.09. The number of carboxylic acids is 1. The van der Waals surface area contributed by atoms with E-state index >= 15 is 0 Å². The van der Waals surface area contributed by atoms with Crippen molar-refractivity contribution in [3.05, 3.63) is 47.3 Å². The van der Waals surface area contributed by atoms with E-state index in [2.05, 4.69) is 17.2 Å². The third kappa shape index (κ3) is 4.28. The summed E-state index contributed by atoms with van der Waals surface area (Å²) in [7, 11) is 0. The lowest BCUT2D eigenvalue weighted by Gasteiger charge is -2.03. The molecule has 1 aromatic carbocycles. The first-order valence-electron chi connectivity index (χ1n) is 7.62. The normalized spacial score (nSPS) is 11.1. The van der Waals surface area contributed by atoms with Crippen LogP contribution in [0, 0.1) is 0 Å². The van der Waals surface area contributed by atoms with Crippen molar-refractivity contribution in [3.8, 4) is 0 Å². The van der Waals surface area contributed by atoms with E-state index in [4.69, 9.17) is 0 Å². The first-order chi connectivity index (χ1) is 10.7. The molecule has 0 aliphatic rings. The number of nitrogens with zero attached hydrogens (tertiary/aromatic N) is 3. The molecule has 0 bridgehead atoms. The van der Waals surface area contributed by atoms with Crippen LogP contribution in [0.2, 0.25) is 0 Å². The SMILES string of the molecule is CCCCCCn1nnc(C(=O)O)c1/C=C/c1ccccc1. The second-order valence-electron chi connectivity index (χ2n) is 5.16. The predicted molar refractivity (Wildman–Crippen MR) is 86.5 cm³/mol. The Balaban J connectivity index is 2.17. The van der Waals surface area contributed by atoms with Crippen LogP contribution in [0.5, 0.6) is 0 Å². The van der Waals surface area contributed by atoms with Crippen molar-refractivity contribution in [3.63, 3.8) is 0 Å². The molecule has 0 radical (unpaired) electrons. The van der Waals surface area contributed by atoms with E-state index in [9.17, 15) is 9.90 Å². The quantitative estimate of drug-likeness (QED) is 0.754. The zero-order valence-electron chi connectivity index (χ0n) is 12.8. The topological polar surface area (TPSA) is 68.0 Å². The second kappa shape index (κ2) is 8.12. The number of carboxylic acid groups (broad SMARTS) is 1. The summed E-state index contributed by atoms with van der Waals surface area (Å²) in [6, 6.07) is 9.76. The summed E-state index contributed by atoms with van der Waals surface area (Å²) in [5.41, 5.74) is 1.56. The maximum Gasteiger partial charge on any atom is 0.358 e. The summed E-state index contributed by atoms with van der Waals surface area (Å²) in [4.78, 5) is 11.3. The highest BCUT2D eigenvalue weighted by Gasteiger charge is 2.16. The Hall–Kier alpha value is -2.43. The van der Waals surface area contributed by atoms with E-state index in [1.165, 1.54) is 12.8 Å². The van der Waals surface area contributed by atoms with E-state index in [1.807, 2.05) is 36.4 Å². The first-order valence-corrected chi connectivity index (χ1v) is 7.62. The molecular formula is C17H21N3O2. The lowest BCUT2D eigenvalue weighted by Crippen LogP contribution is -2.05. The largest absolute Gasteiger partial charge is 0.476 e. The predicted octanol–water partition coefficient (Wildman–Crippen LogP) is 3.73. The minimum absolute atomic E-state index is 0.00247. The fourth-order valence-electron chi connectivity index (χ4n) is 2.23. The Bertz CT molecular complexity index is 633. The van der Waals surface area contributed by atoms with Crippen LogP contribution in [0.4, 0.5) is 0 Å². The Morgan fingerprint density at radius 2 is 1.95 bits per heavy atom. The van der Waals surface area contributed by atoms with Gasteiger partial charge < -0.3 is 5.11 Å². The summed E-state index contributed by atoms with van der Waals surface area (Å²) < 4.78 is 1.68. The molecule has 5 heteroatoms. The van der Waals surface area contributed by atoms with Crippen molar-refractivity contribution in [2.45, 2.75) is 39.2 Å². The molecule has 2 aromatic rings. The molecule has 116 valence electrons. The second-order valence-corrected chi connectivity index (χ2v) is 5.16. The van der Waals surface area contributed by atoms with Gasteiger partial charge in [0.25, 0.3) is 0 Å². The maximum atomic E-state index is 11.3. The molecule has 5 nitrogen and oxygen atoms in total. The Morgan fingerprint density at radius 1 is 1.18 bits per heavy atom. The van der Waals surface area contributed by atoms with Crippen molar-refractivity contribution < 1.29 is 9.90 Å². The van der Waals surface area contributed by atoms with Gasteiger partial charge in [-0.25, -0.2) is 9.48 Å². The van der Waals surface area contributed by atoms with Gasteiger partial charge in [-0.05, 0) is 18.1 Å². The van der Waals surface area contributed by atoms with Gasteiger partial charge in [-0.2, -0.15) is 0 Å². The third-order valence-electron chi connectivity index (χ3n) is 3.43. The van der Waals surface area contributed by atoms with Gasteiger partial charge in [0, 0.05) is 6.54 Å². The average molecular weight is 299 g/mol. The molecule has 0 atom stereocenters. The van der Waals surface area contributed by atoms with Gasteiger partial charge in [-0.3, -0.25) is 0 Å². The molecule has 0 fully saturated rings. The zero-order valence-corrected chi connectivity index (χ0v) is 12.8. The summed E-state index contributed by atoms with van der Waals surface area (Å²) in [6.45, 7) is 2.85. The molecule has 0 aliphatic carbocycles. The number of aryl methyl sites for hydroxylation is 1. The number of rotatable bonds is 8. The highest BCUT2D eigenvalue weighted by molar-refractivity contribution is 5.90. The first kappa shape index (κ1) is 15.9. The molecule has 0 unspecified atom stereocenters. The summed E-state index contributed by atoms with van der Waals surface area (Å²) in [5, 5.41) is 17.0. The number of aromatic nitrogens is 3. The fraction of sp³-hybridized carbons (Fsp3) is 0.353. The number of hydrogen-bond donors (Lipinski definition) is 1. The van der Waals surface area contributed by atoms with Crippen LogP contribution in [-0.2, 0) is 6.54 Å². The van der Waals surface area contributed by atoms with E-state index in [1.54, 1.807) is 10.8 Å². The van der Waals surface area contributed by atoms with Crippen LogP contribution in [0.1, 0.15) is 54.4 Å². The molecule has 0 saturated heterocycles. The molecule has 0 spiro atoms. The Labute approximate surface area is 130 Å². The summed E-state index contributed by atoms with van der Waals surface area (Å²) >= 11 is 0. The third-order valence-corrected chi connectivity index (χ3v) is 3.43. The van der Waals surface area contributed by atoms with Gasteiger partial charge in [0.2, 0.25) is 0 Å². The van der Waals surface area contributed by atoms with Crippen LogP contribution < -0.4 is 0 Å². The van der Waals surface area contributed by atoms with Crippen molar-refractivity contribution in [1.82, 2.24) is 15.0 Å². The molecule has 1 N–H and O–H groups in total. The molecule has 1 heterocycles. The van der Waals surface area contributed by atoms with Crippen molar-refractivity contribution in [2.75, 3.05) is 0 Å². The smallest absolute Gasteiger partial charge is 0.358 e. The van der Waals surface area contributed by atoms with Gasteiger partial charge in [-0.1, -0.05) is 67.8 Å². The van der Waals surface area contributed by atoms with E-state index in [0.717, 1.165) is 18.4 Å². The molecule has 0 aliphatic heterocycles. The van der Waals surface area contributed by atoms with Gasteiger partial charge in [0.1, 0.15) is 0 Å². The minimum atomic E-state index is -1.05. The van der Waals surface area contributed by atoms with Crippen molar-refractivity contribution in [2.24, 2.45) is 0 Å². The van der Waals surface area contributed by atoms with Crippen LogP contribution in [-0.4, -0.2) is 26.1 Å². The highest BCUT2D eigenvalue weighted by atomic mass is 16.4. The maximum absolute atomic E-state index is 11.3. The lowest BCUT2D eigenvalue weighted by molar-refractivity contribution is 0.0690. The van der Waals surface area contributed by atoms with Crippen molar-refractivity contribution in [1.29, 1.82) is 0 Å². The number of benzene rings is 1. The van der Waals surface area contributed by atoms with Gasteiger partial charge in [0.05, 0.1) is 5.69 Å². The monoisotopic (exact) mass is 299 g/mol. The Morgan fingerprint density at radius 3 is 2.64 bits per heavy atom. The fourth-order valence-corrected chi connectivity index (χ4v) is 2.23. The molecular weight excluding hydrogens is 278 g/mol. The number of unbranched alkanes of at least 4 members (excludes halogenated alkanes) is 3. The lowest BCUT2D eigenvalue weighted by atomic mass is 10.2. The molecule has 2 rings (SSSR count).